The van der Waals surface area contributed by atoms with Gasteiger partial charge in [0.15, 0.2) is 0 Å². The first-order valence-corrected chi connectivity index (χ1v) is 10.4. The Balaban J connectivity index is 1.38. The number of halogens is 2. The summed E-state index contributed by atoms with van der Waals surface area (Å²) in [5.74, 6) is -0.904. The molecule has 0 unspecified atom stereocenters. The summed E-state index contributed by atoms with van der Waals surface area (Å²) in [5, 5.41) is 8.13. The van der Waals surface area contributed by atoms with Gasteiger partial charge in [0.25, 0.3) is 0 Å². The zero-order valence-electron chi connectivity index (χ0n) is 16.6. The van der Waals surface area contributed by atoms with Crippen molar-refractivity contribution in [1.82, 2.24) is 10.3 Å². The molecule has 162 valence electrons. The number of hydrogen-bond donors (Lipinski definition) is 3. The van der Waals surface area contributed by atoms with Crippen molar-refractivity contribution < 1.29 is 18.8 Å². The molecule has 1 aliphatic heterocycles. The van der Waals surface area contributed by atoms with E-state index in [1.807, 2.05) is 0 Å². The molecule has 4 rings (SSSR count). The minimum Gasteiger partial charge on any atom is -0.323 e. The largest absolute Gasteiger partial charge is 0.323 e. The van der Waals surface area contributed by atoms with Crippen LogP contribution in [-0.2, 0) is 9.59 Å². The zero-order chi connectivity index (χ0) is 22.0. The van der Waals surface area contributed by atoms with E-state index >= 15 is 0 Å². The molecule has 1 aromatic carbocycles. The molecule has 31 heavy (non-hydrogen) atoms. The lowest BCUT2D eigenvalue weighted by atomic mass is 10.1. The van der Waals surface area contributed by atoms with Crippen molar-refractivity contribution in [3.05, 3.63) is 47.4 Å². The van der Waals surface area contributed by atoms with Gasteiger partial charge < -0.3 is 15.5 Å². The highest BCUT2D eigenvalue weighted by Gasteiger charge is 2.51. The van der Waals surface area contributed by atoms with Gasteiger partial charge in [-0.05, 0) is 56.0 Å². The zero-order valence-corrected chi connectivity index (χ0v) is 17.3. The van der Waals surface area contributed by atoms with E-state index in [4.69, 9.17) is 11.6 Å². The minimum absolute atomic E-state index is 0.00828. The Bertz CT molecular complexity index is 1030. The summed E-state index contributed by atoms with van der Waals surface area (Å²) in [6, 6.07) is 6.79. The van der Waals surface area contributed by atoms with Crippen LogP contribution in [0.3, 0.4) is 0 Å². The van der Waals surface area contributed by atoms with E-state index in [9.17, 15) is 18.8 Å². The summed E-state index contributed by atoms with van der Waals surface area (Å²) < 4.78 is 14.6. The van der Waals surface area contributed by atoms with Crippen LogP contribution in [0.25, 0.3) is 0 Å². The minimum atomic E-state index is -1.11. The molecule has 1 saturated heterocycles. The Morgan fingerprint density at radius 1 is 1.13 bits per heavy atom. The number of pyridine rings is 1. The van der Waals surface area contributed by atoms with E-state index in [1.165, 1.54) is 24.4 Å². The van der Waals surface area contributed by atoms with Gasteiger partial charge in [-0.25, -0.2) is 14.2 Å². The third kappa shape index (κ3) is 4.77. The van der Waals surface area contributed by atoms with E-state index in [1.54, 1.807) is 17.0 Å². The second-order valence-electron chi connectivity index (χ2n) is 7.64. The highest BCUT2D eigenvalue weighted by atomic mass is 35.5. The van der Waals surface area contributed by atoms with Gasteiger partial charge >= 0.3 is 6.03 Å². The maximum atomic E-state index is 14.6. The van der Waals surface area contributed by atoms with Crippen LogP contribution in [0.2, 0.25) is 5.02 Å². The Hall–Kier alpha value is -3.20. The van der Waals surface area contributed by atoms with E-state index in [0.717, 1.165) is 12.8 Å². The fraction of sp³-hybridized carbons (Fsp3) is 0.333. The van der Waals surface area contributed by atoms with Crippen LogP contribution in [0.1, 0.15) is 32.1 Å². The lowest BCUT2D eigenvalue weighted by Gasteiger charge is -2.27. The predicted octanol–water partition coefficient (Wildman–Crippen LogP) is 3.68. The molecule has 0 spiro atoms. The normalized spacial score (nSPS) is 17.1. The van der Waals surface area contributed by atoms with Crippen LogP contribution in [0.4, 0.5) is 26.4 Å². The highest BCUT2D eigenvalue weighted by Crippen LogP contribution is 2.37. The maximum absolute atomic E-state index is 14.6. The molecule has 2 heterocycles. The summed E-state index contributed by atoms with van der Waals surface area (Å²) in [6.45, 7) is 0.550. The number of benzene rings is 1. The van der Waals surface area contributed by atoms with E-state index in [0.29, 0.717) is 36.5 Å². The fourth-order valence-electron chi connectivity index (χ4n) is 3.44. The number of aromatic nitrogens is 1. The van der Waals surface area contributed by atoms with Crippen molar-refractivity contribution >= 4 is 46.6 Å². The molecule has 2 fully saturated rings. The molecule has 1 saturated carbocycles. The molecule has 8 nitrogen and oxygen atoms in total. The Labute approximate surface area is 183 Å². The van der Waals surface area contributed by atoms with E-state index < -0.39 is 23.3 Å². The number of anilines is 3. The molecule has 1 aliphatic carbocycles. The first kappa shape index (κ1) is 21.0. The Morgan fingerprint density at radius 3 is 2.58 bits per heavy atom. The lowest BCUT2D eigenvalue weighted by Crippen LogP contribution is -2.48. The van der Waals surface area contributed by atoms with Crippen LogP contribution >= 0.6 is 11.6 Å². The maximum Gasteiger partial charge on any atom is 0.321 e. The summed E-state index contributed by atoms with van der Waals surface area (Å²) in [4.78, 5) is 42.5. The molecule has 2 aromatic rings. The van der Waals surface area contributed by atoms with Crippen molar-refractivity contribution in [3.8, 4) is 0 Å². The van der Waals surface area contributed by atoms with Crippen LogP contribution in [-0.4, -0.2) is 34.9 Å². The predicted molar refractivity (Wildman–Crippen MR) is 115 cm³/mol. The van der Waals surface area contributed by atoms with Gasteiger partial charge in [-0.3, -0.25) is 14.9 Å². The summed E-state index contributed by atoms with van der Waals surface area (Å²) >= 11 is 5.76. The molecular weight excluding hydrogens is 425 g/mol. The second kappa shape index (κ2) is 8.50. The van der Waals surface area contributed by atoms with Crippen molar-refractivity contribution in [1.29, 1.82) is 0 Å². The van der Waals surface area contributed by atoms with Crippen LogP contribution < -0.4 is 20.9 Å². The number of nitrogens with one attached hydrogen (secondary N) is 3. The van der Waals surface area contributed by atoms with Crippen molar-refractivity contribution in [2.75, 3.05) is 22.1 Å². The average molecular weight is 446 g/mol. The number of nitrogens with zero attached hydrogens (tertiary/aromatic N) is 2. The molecule has 0 atom stereocenters. The van der Waals surface area contributed by atoms with E-state index in [2.05, 4.69) is 20.9 Å². The molecule has 0 radical (unpaired) electrons. The number of carbonyl (C=O) groups is 3. The molecule has 2 aliphatic rings. The first-order valence-electron chi connectivity index (χ1n) is 9.98. The van der Waals surface area contributed by atoms with Crippen molar-refractivity contribution in [3.63, 3.8) is 0 Å². The van der Waals surface area contributed by atoms with Crippen LogP contribution in [0, 0.1) is 5.82 Å². The molecule has 1 aromatic heterocycles. The molecule has 3 N–H and O–H groups in total. The SMILES string of the molecule is O=C(Nc1ccc(Cl)cn1)NC1(C(=O)Nc2ccc(N3CCCCC3=O)cc2F)CC1. The Kier molecular flexibility index (Phi) is 5.77. The van der Waals surface area contributed by atoms with Crippen LogP contribution in [0.15, 0.2) is 36.5 Å². The van der Waals surface area contributed by atoms with Gasteiger partial charge in [0.1, 0.15) is 17.2 Å². The quantitative estimate of drug-likeness (QED) is 0.653. The number of urea groups is 1. The second-order valence-corrected chi connectivity index (χ2v) is 8.08. The van der Waals surface area contributed by atoms with Crippen LogP contribution in [0.5, 0.6) is 0 Å². The number of piperidine rings is 1. The third-order valence-corrected chi connectivity index (χ3v) is 5.57. The van der Waals surface area contributed by atoms with E-state index in [-0.39, 0.29) is 17.4 Å². The van der Waals surface area contributed by atoms with Gasteiger partial charge in [0, 0.05) is 24.8 Å². The first-order chi connectivity index (χ1) is 14.9. The number of hydrogen-bond acceptors (Lipinski definition) is 4. The third-order valence-electron chi connectivity index (χ3n) is 5.34. The lowest BCUT2D eigenvalue weighted by molar-refractivity contribution is -0.120. The summed E-state index contributed by atoms with van der Waals surface area (Å²) in [5.41, 5.74) is -0.648. The van der Waals surface area contributed by atoms with Gasteiger partial charge in [-0.15, -0.1) is 0 Å². The van der Waals surface area contributed by atoms with Gasteiger partial charge in [0.2, 0.25) is 11.8 Å². The van der Waals surface area contributed by atoms with Gasteiger partial charge in [-0.2, -0.15) is 0 Å². The van der Waals surface area contributed by atoms with Crippen molar-refractivity contribution in [2.24, 2.45) is 0 Å². The summed E-state index contributed by atoms with van der Waals surface area (Å²) in [6.07, 6.45) is 4.41. The van der Waals surface area contributed by atoms with Gasteiger partial charge in [0.05, 0.1) is 10.7 Å². The smallest absolute Gasteiger partial charge is 0.321 e. The number of rotatable bonds is 5. The highest BCUT2D eigenvalue weighted by molar-refractivity contribution is 6.30. The monoisotopic (exact) mass is 445 g/mol. The van der Waals surface area contributed by atoms with Crippen molar-refractivity contribution in [2.45, 2.75) is 37.6 Å². The fourth-order valence-corrected chi connectivity index (χ4v) is 3.55. The topological polar surface area (TPSA) is 103 Å². The molecule has 4 amide bonds. The molecular formula is C21H21ClFN5O3. The molecule has 0 bridgehead atoms. The molecule has 10 heteroatoms. The summed E-state index contributed by atoms with van der Waals surface area (Å²) in [7, 11) is 0. The van der Waals surface area contributed by atoms with Gasteiger partial charge in [-0.1, -0.05) is 11.6 Å². The number of carbonyl (C=O) groups excluding carboxylic acids is 3. The average Bonchev–Trinajstić information content (AvgIpc) is 3.52. The Morgan fingerprint density at radius 2 is 1.94 bits per heavy atom. The standard InChI is InChI=1S/C21H21ClFN5O3/c22-13-4-7-17(24-12-13)26-20(31)27-21(8-9-21)19(30)25-16-6-5-14(11-15(16)23)28-10-2-1-3-18(28)29/h4-7,11-12H,1-3,8-10H2,(H,25,30)(H2,24,26,27,31). The number of amides is 4.